The third-order valence-electron chi connectivity index (χ3n) is 3.63. The van der Waals surface area contributed by atoms with E-state index in [1.807, 2.05) is 0 Å². The van der Waals surface area contributed by atoms with Gasteiger partial charge in [0.1, 0.15) is 0 Å². The van der Waals surface area contributed by atoms with Gasteiger partial charge in [0.2, 0.25) is 5.91 Å². The number of carbonyl (C=O) groups is 1. The van der Waals surface area contributed by atoms with Crippen LogP contribution in [0.15, 0.2) is 0 Å². The molecule has 0 radical (unpaired) electrons. The van der Waals surface area contributed by atoms with Crippen LogP contribution >= 0.6 is 0 Å². The average molecular weight is 224 g/mol. The Morgan fingerprint density at radius 2 is 1.88 bits per heavy atom. The van der Waals surface area contributed by atoms with Gasteiger partial charge < -0.3 is 10.2 Å². The summed E-state index contributed by atoms with van der Waals surface area (Å²) in [6, 6.07) is 0.688. The molecule has 0 aromatic heterocycles. The molecule has 16 heavy (non-hydrogen) atoms. The standard InChI is InChI=1S/C13H24N2O/c1-13(2,10-14-11-6-7-11)12(16)15-8-4-3-5-9-15/h11,14H,3-10H2,1-2H3. The third-order valence-corrected chi connectivity index (χ3v) is 3.63. The summed E-state index contributed by atoms with van der Waals surface area (Å²) in [4.78, 5) is 14.4. The number of rotatable bonds is 4. The highest BCUT2D eigenvalue weighted by atomic mass is 16.2. The molecule has 3 heteroatoms. The van der Waals surface area contributed by atoms with Gasteiger partial charge in [-0.1, -0.05) is 0 Å². The van der Waals surface area contributed by atoms with Crippen molar-refractivity contribution in [2.24, 2.45) is 5.41 Å². The lowest BCUT2D eigenvalue weighted by Crippen LogP contribution is -2.47. The van der Waals surface area contributed by atoms with Crippen molar-refractivity contribution >= 4 is 5.91 Å². The van der Waals surface area contributed by atoms with Gasteiger partial charge in [-0.3, -0.25) is 4.79 Å². The highest BCUT2D eigenvalue weighted by molar-refractivity contribution is 5.82. The first-order valence-electron chi connectivity index (χ1n) is 6.62. The van der Waals surface area contributed by atoms with Gasteiger partial charge in [-0.15, -0.1) is 0 Å². The number of piperidine rings is 1. The SMILES string of the molecule is CC(C)(CNC1CC1)C(=O)N1CCCCC1. The molecule has 1 heterocycles. The van der Waals surface area contributed by atoms with E-state index in [0.717, 1.165) is 19.6 Å². The summed E-state index contributed by atoms with van der Waals surface area (Å²) in [7, 11) is 0. The molecule has 0 atom stereocenters. The summed E-state index contributed by atoms with van der Waals surface area (Å²) in [5.74, 6) is 0.334. The number of amides is 1. The second-order valence-electron chi connectivity index (χ2n) is 5.89. The van der Waals surface area contributed by atoms with Gasteiger partial charge in [0.05, 0.1) is 5.41 Å². The van der Waals surface area contributed by atoms with Crippen molar-refractivity contribution < 1.29 is 4.79 Å². The fourth-order valence-corrected chi connectivity index (χ4v) is 2.29. The molecule has 1 N–H and O–H groups in total. The van der Waals surface area contributed by atoms with E-state index in [2.05, 4.69) is 24.1 Å². The van der Waals surface area contributed by atoms with Crippen LogP contribution in [0.25, 0.3) is 0 Å². The smallest absolute Gasteiger partial charge is 0.229 e. The first kappa shape index (κ1) is 11.9. The lowest BCUT2D eigenvalue weighted by atomic mass is 9.90. The molecule has 0 aromatic rings. The summed E-state index contributed by atoms with van der Waals surface area (Å²) in [5.41, 5.74) is -0.236. The Morgan fingerprint density at radius 3 is 2.44 bits per heavy atom. The molecule has 2 aliphatic rings. The monoisotopic (exact) mass is 224 g/mol. The Morgan fingerprint density at radius 1 is 1.25 bits per heavy atom. The van der Waals surface area contributed by atoms with Crippen LogP contribution < -0.4 is 5.32 Å². The van der Waals surface area contributed by atoms with E-state index >= 15 is 0 Å². The van der Waals surface area contributed by atoms with Gasteiger partial charge in [-0.2, -0.15) is 0 Å². The van der Waals surface area contributed by atoms with E-state index in [-0.39, 0.29) is 5.41 Å². The maximum atomic E-state index is 12.3. The van der Waals surface area contributed by atoms with Crippen molar-refractivity contribution in [2.45, 2.75) is 52.0 Å². The van der Waals surface area contributed by atoms with E-state index in [1.54, 1.807) is 0 Å². The molecule has 1 aliphatic carbocycles. The van der Waals surface area contributed by atoms with Crippen molar-refractivity contribution in [1.29, 1.82) is 0 Å². The minimum absolute atomic E-state index is 0.236. The minimum atomic E-state index is -0.236. The van der Waals surface area contributed by atoms with Crippen LogP contribution in [0.2, 0.25) is 0 Å². The Labute approximate surface area is 98.6 Å². The molecule has 0 bridgehead atoms. The van der Waals surface area contributed by atoms with Crippen LogP contribution in [-0.2, 0) is 4.79 Å². The zero-order chi connectivity index (χ0) is 11.6. The summed E-state index contributed by atoms with van der Waals surface area (Å²) in [5, 5.41) is 3.47. The molecular formula is C13H24N2O. The number of carbonyl (C=O) groups excluding carboxylic acids is 1. The molecule has 2 rings (SSSR count). The Balaban J connectivity index is 1.84. The highest BCUT2D eigenvalue weighted by Crippen LogP contribution is 2.24. The molecule has 1 amide bonds. The molecule has 3 nitrogen and oxygen atoms in total. The van der Waals surface area contributed by atoms with Gasteiger partial charge in [0.15, 0.2) is 0 Å². The molecule has 92 valence electrons. The second kappa shape index (κ2) is 4.74. The fourth-order valence-electron chi connectivity index (χ4n) is 2.29. The number of likely N-dealkylation sites (tertiary alicyclic amines) is 1. The first-order chi connectivity index (χ1) is 7.59. The van der Waals surface area contributed by atoms with Gasteiger partial charge in [-0.05, 0) is 46.0 Å². The van der Waals surface area contributed by atoms with Crippen LogP contribution in [0.3, 0.4) is 0 Å². The molecule has 0 aromatic carbocycles. The molecular weight excluding hydrogens is 200 g/mol. The highest BCUT2D eigenvalue weighted by Gasteiger charge is 2.34. The largest absolute Gasteiger partial charge is 0.342 e. The predicted molar refractivity (Wildman–Crippen MR) is 65.2 cm³/mol. The Hall–Kier alpha value is -0.570. The summed E-state index contributed by atoms with van der Waals surface area (Å²) >= 11 is 0. The normalized spacial score (nSPS) is 22.2. The zero-order valence-electron chi connectivity index (χ0n) is 10.6. The van der Waals surface area contributed by atoms with Crippen LogP contribution in [0.1, 0.15) is 46.0 Å². The van der Waals surface area contributed by atoms with Gasteiger partial charge in [0, 0.05) is 25.7 Å². The lowest BCUT2D eigenvalue weighted by molar-refractivity contribution is -0.141. The van der Waals surface area contributed by atoms with E-state index in [0.29, 0.717) is 11.9 Å². The first-order valence-corrected chi connectivity index (χ1v) is 6.62. The van der Waals surface area contributed by atoms with Crippen molar-refractivity contribution in [1.82, 2.24) is 10.2 Å². The average Bonchev–Trinajstić information content (AvgIpc) is 3.10. The number of hydrogen-bond donors (Lipinski definition) is 1. The Bertz CT molecular complexity index is 253. The fraction of sp³-hybridized carbons (Fsp3) is 0.923. The number of nitrogens with zero attached hydrogens (tertiary/aromatic N) is 1. The maximum absolute atomic E-state index is 12.3. The topological polar surface area (TPSA) is 32.3 Å². The zero-order valence-corrected chi connectivity index (χ0v) is 10.6. The summed E-state index contributed by atoms with van der Waals surface area (Å²) < 4.78 is 0. The van der Waals surface area contributed by atoms with Gasteiger partial charge >= 0.3 is 0 Å². The van der Waals surface area contributed by atoms with Crippen LogP contribution in [-0.4, -0.2) is 36.5 Å². The third kappa shape index (κ3) is 2.97. The van der Waals surface area contributed by atoms with Crippen LogP contribution in [0.4, 0.5) is 0 Å². The van der Waals surface area contributed by atoms with E-state index in [4.69, 9.17) is 0 Å². The molecule has 0 unspecified atom stereocenters. The van der Waals surface area contributed by atoms with Crippen molar-refractivity contribution in [2.75, 3.05) is 19.6 Å². The maximum Gasteiger partial charge on any atom is 0.229 e. The number of hydrogen-bond acceptors (Lipinski definition) is 2. The molecule has 1 saturated heterocycles. The predicted octanol–water partition coefficient (Wildman–Crippen LogP) is 1.78. The van der Waals surface area contributed by atoms with E-state index in [9.17, 15) is 4.79 Å². The van der Waals surface area contributed by atoms with Gasteiger partial charge in [0.25, 0.3) is 0 Å². The molecule has 1 aliphatic heterocycles. The molecule has 1 saturated carbocycles. The molecule has 0 spiro atoms. The van der Waals surface area contributed by atoms with Crippen molar-refractivity contribution in [3.05, 3.63) is 0 Å². The quantitative estimate of drug-likeness (QED) is 0.789. The lowest BCUT2D eigenvalue weighted by Gasteiger charge is -2.34. The Kier molecular flexibility index (Phi) is 3.53. The summed E-state index contributed by atoms with van der Waals surface area (Å²) in [6.45, 7) is 6.89. The minimum Gasteiger partial charge on any atom is -0.342 e. The molecule has 2 fully saturated rings. The number of nitrogens with one attached hydrogen (secondary N) is 1. The summed E-state index contributed by atoms with van der Waals surface area (Å²) in [6.07, 6.45) is 6.21. The van der Waals surface area contributed by atoms with Crippen LogP contribution in [0, 0.1) is 5.41 Å². The van der Waals surface area contributed by atoms with Crippen LogP contribution in [0.5, 0.6) is 0 Å². The van der Waals surface area contributed by atoms with E-state index in [1.165, 1.54) is 32.1 Å². The van der Waals surface area contributed by atoms with Gasteiger partial charge in [-0.25, -0.2) is 0 Å². The van der Waals surface area contributed by atoms with E-state index < -0.39 is 0 Å². The second-order valence-corrected chi connectivity index (χ2v) is 5.89. The van der Waals surface area contributed by atoms with Crippen molar-refractivity contribution in [3.8, 4) is 0 Å². The van der Waals surface area contributed by atoms with Crippen molar-refractivity contribution in [3.63, 3.8) is 0 Å².